The predicted octanol–water partition coefficient (Wildman–Crippen LogP) is 2.94. The molecule has 2 saturated heterocycles. The Morgan fingerprint density at radius 1 is 1.03 bits per heavy atom. The zero-order valence-corrected chi connectivity index (χ0v) is 20.6. The molecule has 36 heavy (non-hydrogen) atoms. The average molecular weight is 489 g/mol. The number of piperidine rings is 1. The smallest absolute Gasteiger partial charge is 0.255 e. The summed E-state index contributed by atoms with van der Waals surface area (Å²) in [6, 6.07) is 9.79. The molecule has 4 heterocycles. The maximum absolute atomic E-state index is 13.0. The average Bonchev–Trinajstić information content (AvgIpc) is 3.15. The van der Waals surface area contributed by atoms with Gasteiger partial charge in [-0.25, -0.2) is 0 Å². The van der Waals surface area contributed by atoms with Gasteiger partial charge in [-0.1, -0.05) is 6.42 Å². The summed E-state index contributed by atoms with van der Waals surface area (Å²) >= 11 is 0. The van der Waals surface area contributed by atoms with Crippen molar-refractivity contribution in [3.63, 3.8) is 0 Å². The van der Waals surface area contributed by atoms with Crippen molar-refractivity contribution in [2.45, 2.75) is 76.1 Å². The zero-order chi connectivity index (χ0) is 24.8. The molecule has 1 unspecified atom stereocenters. The maximum atomic E-state index is 13.0. The van der Waals surface area contributed by atoms with Crippen LogP contribution >= 0.6 is 0 Å². The summed E-state index contributed by atoms with van der Waals surface area (Å²) in [5, 5.41) is 2.36. The van der Waals surface area contributed by atoms with Gasteiger partial charge in [0.15, 0.2) is 0 Å². The van der Waals surface area contributed by atoms with Gasteiger partial charge in [0.05, 0.1) is 0 Å². The number of ether oxygens (including phenoxy) is 1. The molecule has 3 amide bonds. The summed E-state index contributed by atoms with van der Waals surface area (Å²) in [6.45, 7) is 4.51. The maximum Gasteiger partial charge on any atom is 0.255 e. The van der Waals surface area contributed by atoms with Gasteiger partial charge in [-0.2, -0.15) is 0 Å². The van der Waals surface area contributed by atoms with Crippen molar-refractivity contribution in [1.29, 1.82) is 0 Å². The van der Waals surface area contributed by atoms with Crippen molar-refractivity contribution in [2.24, 2.45) is 0 Å². The summed E-state index contributed by atoms with van der Waals surface area (Å²) in [5.41, 5.74) is 3.93. The minimum absolute atomic E-state index is 0.125. The van der Waals surface area contributed by atoms with Crippen molar-refractivity contribution in [1.82, 2.24) is 20.1 Å². The van der Waals surface area contributed by atoms with Gasteiger partial charge in [0.2, 0.25) is 11.8 Å². The number of carbonyl (C=O) groups excluding carboxylic acids is 3. The number of rotatable bonds is 5. The van der Waals surface area contributed by atoms with E-state index in [0.29, 0.717) is 30.5 Å². The number of likely N-dealkylation sites (tertiary alicyclic amines) is 1. The van der Waals surface area contributed by atoms with Crippen molar-refractivity contribution in [2.75, 3.05) is 13.1 Å². The number of hydrogen-bond donors (Lipinski definition) is 1. The predicted molar refractivity (Wildman–Crippen MR) is 132 cm³/mol. The molecule has 188 valence electrons. The van der Waals surface area contributed by atoms with Crippen molar-refractivity contribution in [3.8, 4) is 5.75 Å². The lowest BCUT2D eigenvalue weighted by Gasteiger charge is -2.48. The van der Waals surface area contributed by atoms with Crippen LogP contribution in [0.2, 0.25) is 0 Å². The normalized spacial score (nSPS) is 27.0. The van der Waals surface area contributed by atoms with Crippen LogP contribution in [0.4, 0.5) is 0 Å². The first-order valence-electron chi connectivity index (χ1n) is 13.1. The highest BCUT2D eigenvalue weighted by atomic mass is 16.5. The van der Waals surface area contributed by atoms with Gasteiger partial charge in [0.25, 0.3) is 5.91 Å². The highest BCUT2D eigenvalue weighted by Crippen LogP contribution is 2.36. The number of pyridine rings is 1. The number of nitrogens with zero attached hydrogens (tertiary/aromatic N) is 3. The molecule has 1 aromatic carbocycles. The van der Waals surface area contributed by atoms with Crippen LogP contribution in [0.25, 0.3) is 0 Å². The van der Waals surface area contributed by atoms with E-state index in [0.717, 1.165) is 49.4 Å². The topological polar surface area (TPSA) is 91.8 Å². The molecule has 0 bridgehead atoms. The molecule has 0 spiro atoms. The van der Waals surface area contributed by atoms with Gasteiger partial charge in [-0.05, 0) is 74.1 Å². The van der Waals surface area contributed by atoms with E-state index in [1.165, 1.54) is 12.0 Å². The second kappa shape index (κ2) is 9.32. The number of carbonyl (C=O) groups is 3. The fourth-order valence-corrected chi connectivity index (χ4v) is 6.25. The van der Waals surface area contributed by atoms with Crippen LogP contribution in [-0.2, 0) is 16.1 Å². The molecule has 3 atom stereocenters. The fourth-order valence-electron chi connectivity index (χ4n) is 6.25. The Labute approximate surface area is 211 Å². The van der Waals surface area contributed by atoms with Gasteiger partial charge in [0, 0.05) is 55.5 Å². The third-order valence-electron chi connectivity index (χ3n) is 8.22. The number of hydrogen-bond acceptors (Lipinski definition) is 6. The second-order valence-corrected chi connectivity index (χ2v) is 10.6. The molecule has 3 aliphatic heterocycles. The van der Waals surface area contributed by atoms with Crippen molar-refractivity contribution in [3.05, 3.63) is 58.9 Å². The molecule has 6 rings (SSSR count). The highest BCUT2D eigenvalue weighted by Gasteiger charge is 2.41. The molecule has 1 aliphatic carbocycles. The Balaban J connectivity index is 1.12. The summed E-state index contributed by atoms with van der Waals surface area (Å²) < 4.78 is 6.56. The first-order valence-corrected chi connectivity index (χ1v) is 13.1. The molecular weight excluding hydrogens is 456 g/mol. The molecule has 0 radical (unpaired) electrons. The minimum atomic E-state index is -0.599. The highest BCUT2D eigenvalue weighted by molar-refractivity contribution is 6.05. The van der Waals surface area contributed by atoms with E-state index < -0.39 is 6.04 Å². The molecule has 1 aromatic heterocycles. The van der Waals surface area contributed by atoms with E-state index in [-0.39, 0.29) is 30.2 Å². The van der Waals surface area contributed by atoms with Crippen LogP contribution in [0.15, 0.2) is 36.5 Å². The SMILES string of the molecule is Cc1cc(C2CN([C@H]3CCCC[C@H]3Oc3ccc4c(c3)CN(C3CCC(=O)NC3=O)C4=O)C2)ccn1. The first kappa shape index (κ1) is 23.2. The van der Waals surface area contributed by atoms with Crippen LogP contribution in [0.5, 0.6) is 5.75 Å². The molecule has 8 heteroatoms. The molecule has 3 fully saturated rings. The number of amides is 3. The van der Waals surface area contributed by atoms with Crippen molar-refractivity contribution < 1.29 is 19.1 Å². The monoisotopic (exact) mass is 488 g/mol. The van der Waals surface area contributed by atoms with Gasteiger partial charge < -0.3 is 9.64 Å². The van der Waals surface area contributed by atoms with Crippen LogP contribution in [0.1, 0.15) is 71.6 Å². The van der Waals surface area contributed by atoms with Gasteiger partial charge >= 0.3 is 0 Å². The molecule has 8 nitrogen and oxygen atoms in total. The molecular formula is C28H32N4O4. The zero-order valence-electron chi connectivity index (χ0n) is 20.6. The Morgan fingerprint density at radius 2 is 1.86 bits per heavy atom. The number of aromatic nitrogens is 1. The lowest BCUT2D eigenvalue weighted by atomic mass is 9.84. The second-order valence-electron chi connectivity index (χ2n) is 10.6. The Hall–Kier alpha value is -3.26. The quantitative estimate of drug-likeness (QED) is 0.651. The van der Waals surface area contributed by atoms with Crippen LogP contribution in [0.3, 0.4) is 0 Å². The largest absolute Gasteiger partial charge is 0.489 e. The fraction of sp³-hybridized carbons (Fsp3) is 0.500. The van der Waals surface area contributed by atoms with E-state index >= 15 is 0 Å². The number of nitrogens with one attached hydrogen (secondary N) is 1. The van der Waals surface area contributed by atoms with E-state index in [1.807, 2.05) is 31.3 Å². The van der Waals surface area contributed by atoms with E-state index in [1.54, 1.807) is 4.90 Å². The molecule has 4 aliphatic rings. The third-order valence-corrected chi connectivity index (χ3v) is 8.22. The van der Waals surface area contributed by atoms with E-state index in [2.05, 4.69) is 27.3 Å². The number of fused-ring (bicyclic) bond motifs is 1. The summed E-state index contributed by atoms with van der Waals surface area (Å²) in [6.07, 6.45) is 7.20. The summed E-state index contributed by atoms with van der Waals surface area (Å²) in [5.74, 6) is 0.523. The van der Waals surface area contributed by atoms with Gasteiger partial charge in [-0.3, -0.25) is 29.6 Å². The lowest BCUT2D eigenvalue weighted by molar-refractivity contribution is -0.136. The van der Waals surface area contributed by atoms with Gasteiger partial charge in [-0.15, -0.1) is 0 Å². The third kappa shape index (κ3) is 4.28. The van der Waals surface area contributed by atoms with Crippen LogP contribution in [0, 0.1) is 6.92 Å². The Kier molecular flexibility index (Phi) is 5.99. The Morgan fingerprint density at radius 3 is 2.67 bits per heavy atom. The van der Waals surface area contributed by atoms with E-state index in [4.69, 9.17) is 4.74 Å². The molecule has 1 saturated carbocycles. The Bertz CT molecular complexity index is 1210. The van der Waals surface area contributed by atoms with Crippen LogP contribution < -0.4 is 10.1 Å². The summed E-state index contributed by atoms with van der Waals surface area (Å²) in [7, 11) is 0. The first-order chi connectivity index (χ1) is 17.5. The van der Waals surface area contributed by atoms with Gasteiger partial charge in [0.1, 0.15) is 17.9 Å². The minimum Gasteiger partial charge on any atom is -0.489 e. The number of imide groups is 1. The van der Waals surface area contributed by atoms with Crippen LogP contribution in [-0.4, -0.2) is 63.8 Å². The lowest BCUT2D eigenvalue weighted by Crippen LogP contribution is -2.57. The molecule has 2 aromatic rings. The van der Waals surface area contributed by atoms with Crippen molar-refractivity contribution >= 4 is 17.7 Å². The number of benzene rings is 1. The standard InChI is InChI=1S/C28H32N4O4/c1-17-12-18(10-11-29-17)20-14-31(15-20)23-4-2-3-5-25(23)36-21-6-7-22-19(13-21)16-32(28(22)35)24-8-9-26(33)30-27(24)34/h6-7,10-13,20,23-25H,2-5,8-9,14-16H2,1H3,(H,30,33,34)/t23-,24?,25+/m0/s1. The summed E-state index contributed by atoms with van der Waals surface area (Å²) in [4.78, 5) is 45.3. The van der Waals surface area contributed by atoms with E-state index in [9.17, 15) is 14.4 Å². The molecule has 1 N–H and O–H groups in total. The number of aryl methyl sites for hydroxylation is 1.